The van der Waals surface area contributed by atoms with Crippen LogP contribution >= 0.6 is 0 Å². The summed E-state index contributed by atoms with van der Waals surface area (Å²) in [6, 6.07) is 10.8. The van der Waals surface area contributed by atoms with E-state index < -0.39 is 11.9 Å². The van der Waals surface area contributed by atoms with Gasteiger partial charge in [-0.05, 0) is 95.8 Å². The van der Waals surface area contributed by atoms with Crippen molar-refractivity contribution in [2.24, 2.45) is 0 Å². The van der Waals surface area contributed by atoms with Crippen LogP contribution in [-0.4, -0.2) is 133 Å². The second kappa shape index (κ2) is 20.1. The lowest BCUT2D eigenvalue weighted by atomic mass is 10.1. The molecule has 3 aliphatic rings. The molecule has 5 aromatic heterocycles. The van der Waals surface area contributed by atoms with E-state index in [0.29, 0.717) is 101 Å². The number of aromatic carboxylic acids is 1. The molecule has 72 heavy (non-hydrogen) atoms. The summed E-state index contributed by atoms with van der Waals surface area (Å²) in [5.74, 6) is -0.664. The molecular weight excluding hydrogens is 925 g/mol. The number of aryl methyl sites for hydroxylation is 6. The van der Waals surface area contributed by atoms with Gasteiger partial charge in [0.25, 0.3) is 17.7 Å². The lowest BCUT2D eigenvalue weighted by Crippen LogP contribution is -2.55. The number of rotatable bonds is 13. The number of nitrogens with one attached hydrogen (secondary N) is 3. The molecule has 8 heterocycles. The minimum Gasteiger partial charge on any atom is -0.490 e. The number of benzene rings is 2. The molecule has 2 saturated heterocycles. The summed E-state index contributed by atoms with van der Waals surface area (Å²) in [4.78, 5) is 65.9. The Balaban J connectivity index is 1.05. The van der Waals surface area contributed by atoms with Crippen molar-refractivity contribution in [2.75, 3.05) is 43.6 Å². The summed E-state index contributed by atoms with van der Waals surface area (Å²) in [6.45, 7) is 13.2. The number of allylic oxidation sites excluding steroid dienone is 2. The number of anilines is 2. The summed E-state index contributed by atoms with van der Waals surface area (Å²) in [6.07, 6.45) is 9.04. The molecular formula is C50H58N14O8. The maximum atomic E-state index is 14.1. The van der Waals surface area contributed by atoms with Crippen LogP contribution in [0.4, 0.5) is 11.9 Å². The van der Waals surface area contributed by atoms with Crippen LogP contribution in [-0.2, 0) is 37.5 Å². The van der Waals surface area contributed by atoms with Gasteiger partial charge < -0.3 is 33.8 Å². The van der Waals surface area contributed by atoms with Gasteiger partial charge in [-0.15, -0.1) is 0 Å². The van der Waals surface area contributed by atoms with Gasteiger partial charge in [0.1, 0.15) is 47.1 Å². The third-order valence-electron chi connectivity index (χ3n) is 13.4. The highest BCUT2D eigenvalue weighted by atomic mass is 16.5. The third kappa shape index (κ3) is 9.53. The van der Waals surface area contributed by atoms with Gasteiger partial charge in [-0.1, -0.05) is 12.2 Å². The van der Waals surface area contributed by atoms with Crippen molar-refractivity contribution in [3.05, 3.63) is 100 Å². The van der Waals surface area contributed by atoms with E-state index in [1.165, 1.54) is 17.1 Å². The molecule has 22 heteroatoms. The zero-order valence-electron chi connectivity index (χ0n) is 40.9. The molecule has 2 bridgehead atoms. The van der Waals surface area contributed by atoms with E-state index in [4.69, 9.17) is 24.2 Å². The first-order valence-corrected chi connectivity index (χ1v) is 24.4. The molecule has 3 aliphatic heterocycles. The van der Waals surface area contributed by atoms with Crippen molar-refractivity contribution >= 4 is 57.7 Å². The van der Waals surface area contributed by atoms with E-state index in [1.807, 2.05) is 68.0 Å². The Morgan fingerprint density at radius 3 is 1.82 bits per heavy atom. The first-order chi connectivity index (χ1) is 34.8. The molecule has 22 nitrogen and oxygen atoms in total. The number of morpholine rings is 1. The van der Waals surface area contributed by atoms with E-state index in [-0.39, 0.29) is 74.3 Å². The van der Waals surface area contributed by atoms with Crippen molar-refractivity contribution in [1.29, 1.82) is 0 Å². The SMILES string of the molecule is CCn1nc(C)cc1C(=O)Nc1nc2cc(C)cc3c2n1C/C=C/Cn1c(NC(=O)c2cc(C)nn2CC)nc2cc(C(=O)NCCCn4cc(C(=O)O)cn4)cc(c21)OCC(N1C2CCC1COC2)CO3. The van der Waals surface area contributed by atoms with E-state index in [1.54, 1.807) is 33.6 Å². The molecule has 7 aromatic rings. The third-order valence-corrected chi connectivity index (χ3v) is 13.4. The second-order valence-electron chi connectivity index (χ2n) is 18.5. The number of carboxylic acid groups (broad SMARTS) is 1. The summed E-state index contributed by atoms with van der Waals surface area (Å²) in [5, 5.41) is 31.5. The second-order valence-corrected chi connectivity index (χ2v) is 18.5. The maximum Gasteiger partial charge on any atom is 0.338 e. The van der Waals surface area contributed by atoms with Crippen molar-refractivity contribution in [3.8, 4) is 11.5 Å². The summed E-state index contributed by atoms with van der Waals surface area (Å²) in [7, 11) is 0. The van der Waals surface area contributed by atoms with Crippen LogP contribution in [0.2, 0.25) is 0 Å². The number of fused-ring (bicyclic) bond motifs is 2. The number of aromatic nitrogens is 10. The van der Waals surface area contributed by atoms with Crippen LogP contribution in [0.1, 0.15) is 91.8 Å². The zero-order valence-corrected chi connectivity index (χ0v) is 40.9. The largest absolute Gasteiger partial charge is 0.490 e. The quantitative estimate of drug-likeness (QED) is 0.0855. The number of imidazole rings is 2. The number of hydrogen-bond acceptors (Lipinski definition) is 13. The standard InChI is InChI=1S/C50H58N14O8/c1-6-62-39(19-30(4)57-62)46(66)55-49-53-37-17-29(3)18-41-43(37)60(49)15-8-9-16-61-44-38(54-50(61)56-47(67)40-20-31(5)58-63(40)7-2)21-32(45(65)51-13-10-14-59-24-33(23-52-59)48(68)69)22-42(44)72-28-36(27-71-41)64-34-11-12-35(64)26-70-25-34/h8-9,17-24,34-36H,6-7,10-16,25-28H2,1-5H3,(H,51,65)(H,68,69)(H,53,55,66)(H,54,56,67)/b9-8+. The highest BCUT2D eigenvalue weighted by Gasteiger charge is 2.42. The van der Waals surface area contributed by atoms with Crippen LogP contribution in [0, 0.1) is 20.8 Å². The lowest BCUT2D eigenvalue weighted by molar-refractivity contribution is -0.0534. The van der Waals surface area contributed by atoms with E-state index in [0.717, 1.165) is 24.1 Å². The normalized spacial score (nSPS) is 18.5. The van der Waals surface area contributed by atoms with E-state index in [2.05, 4.69) is 36.1 Å². The van der Waals surface area contributed by atoms with Gasteiger partial charge in [-0.25, -0.2) is 14.8 Å². The summed E-state index contributed by atoms with van der Waals surface area (Å²) >= 11 is 0. The monoisotopic (exact) mass is 982 g/mol. The predicted octanol–water partition coefficient (Wildman–Crippen LogP) is 5.22. The fourth-order valence-electron chi connectivity index (χ4n) is 10.1. The average molecular weight is 983 g/mol. The van der Waals surface area contributed by atoms with Crippen LogP contribution in [0.25, 0.3) is 22.1 Å². The molecule has 2 aromatic carbocycles. The molecule has 0 radical (unpaired) electrons. The number of ether oxygens (including phenoxy) is 3. The Morgan fingerprint density at radius 2 is 1.26 bits per heavy atom. The molecule has 376 valence electrons. The number of carbonyl (C=O) groups excluding carboxylic acids is 3. The van der Waals surface area contributed by atoms with Crippen LogP contribution in [0.3, 0.4) is 0 Å². The molecule has 4 N–H and O–H groups in total. The fraction of sp³-hybridized carbons (Fsp3) is 0.420. The minimum atomic E-state index is -1.06. The first-order valence-electron chi connectivity index (χ1n) is 24.4. The Kier molecular flexibility index (Phi) is 13.3. The van der Waals surface area contributed by atoms with Gasteiger partial charge in [0.15, 0.2) is 0 Å². The lowest BCUT2D eigenvalue weighted by Gasteiger charge is -2.40. The topological polar surface area (TPSA) is 245 Å². The average Bonchev–Trinajstić information content (AvgIpc) is 4.22. The molecule has 3 unspecified atom stereocenters. The van der Waals surface area contributed by atoms with Gasteiger partial charge >= 0.3 is 5.97 Å². The zero-order chi connectivity index (χ0) is 50.2. The van der Waals surface area contributed by atoms with E-state index in [9.17, 15) is 24.3 Å². The number of carbonyl (C=O) groups is 4. The predicted molar refractivity (Wildman–Crippen MR) is 265 cm³/mol. The molecule has 0 saturated carbocycles. The Morgan fingerprint density at radius 1 is 0.694 bits per heavy atom. The van der Waals surface area contributed by atoms with Crippen molar-refractivity contribution in [2.45, 2.75) is 105 Å². The fourth-order valence-corrected chi connectivity index (χ4v) is 10.1. The molecule has 2 fully saturated rings. The van der Waals surface area contributed by atoms with Gasteiger partial charge in [0.05, 0.1) is 53.4 Å². The van der Waals surface area contributed by atoms with Crippen LogP contribution in [0.5, 0.6) is 11.5 Å². The number of carboxylic acids is 1. The van der Waals surface area contributed by atoms with Crippen molar-refractivity contribution < 1.29 is 38.5 Å². The van der Waals surface area contributed by atoms with Crippen LogP contribution < -0.4 is 25.4 Å². The smallest absolute Gasteiger partial charge is 0.338 e. The minimum absolute atomic E-state index is 0.0843. The maximum absolute atomic E-state index is 14.1. The first kappa shape index (κ1) is 47.8. The van der Waals surface area contributed by atoms with Gasteiger partial charge in [-0.3, -0.25) is 44.0 Å². The summed E-state index contributed by atoms with van der Waals surface area (Å²) < 4.78 is 28.5. The Bertz CT molecular complexity index is 3230. The van der Waals surface area contributed by atoms with Crippen molar-refractivity contribution in [1.82, 2.24) is 58.7 Å². The van der Waals surface area contributed by atoms with Crippen molar-refractivity contribution in [3.63, 3.8) is 0 Å². The molecule has 0 spiro atoms. The van der Waals surface area contributed by atoms with E-state index >= 15 is 0 Å². The highest BCUT2D eigenvalue weighted by Crippen LogP contribution is 2.36. The number of nitrogens with zero attached hydrogens (tertiary/aromatic N) is 11. The van der Waals surface area contributed by atoms with Gasteiger partial charge in [0, 0.05) is 63.1 Å². The molecule has 0 aliphatic carbocycles. The molecule has 3 atom stereocenters. The van der Waals surface area contributed by atoms with Gasteiger partial charge in [0.2, 0.25) is 11.9 Å². The molecule has 3 amide bonds. The highest BCUT2D eigenvalue weighted by molar-refractivity contribution is 6.05. The number of amides is 3. The van der Waals surface area contributed by atoms with Gasteiger partial charge in [-0.2, -0.15) is 15.3 Å². The Labute approximate surface area is 413 Å². The summed E-state index contributed by atoms with van der Waals surface area (Å²) in [5.41, 5.74) is 5.81. The molecule has 10 rings (SSSR count). The number of hydrogen-bond donors (Lipinski definition) is 4. The van der Waals surface area contributed by atoms with Crippen LogP contribution in [0.15, 0.2) is 60.9 Å². The Hall–Kier alpha value is -7.85.